The zero-order chi connectivity index (χ0) is 22.6. The van der Waals surface area contributed by atoms with Crippen LogP contribution < -0.4 is 18.5 Å². The molecule has 0 heterocycles. The Bertz CT molecular complexity index is 1140. The summed E-state index contributed by atoms with van der Waals surface area (Å²) in [4.78, 5) is 0.211. The lowest BCUT2D eigenvalue weighted by atomic mass is 10.1. The summed E-state index contributed by atoms with van der Waals surface area (Å²) in [6.45, 7) is 3.76. The average molecular weight is 442 g/mol. The molecule has 0 aliphatic carbocycles. The predicted octanol–water partition coefficient (Wildman–Crippen LogP) is 4.98. The van der Waals surface area contributed by atoms with Crippen molar-refractivity contribution in [1.82, 2.24) is 0 Å². The molecule has 0 amide bonds. The molecule has 7 heteroatoms. The Morgan fingerprint density at radius 1 is 0.806 bits per heavy atom. The minimum absolute atomic E-state index is 0.211. The molecule has 1 atom stereocenters. The van der Waals surface area contributed by atoms with E-state index in [0.29, 0.717) is 22.9 Å². The van der Waals surface area contributed by atoms with Crippen molar-refractivity contribution in [3.8, 4) is 17.2 Å². The highest BCUT2D eigenvalue weighted by Gasteiger charge is 2.31. The molecule has 6 nitrogen and oxygen atoms in total. The Kier molecular flexibility index (Phi) is 6.75. The van der Waals surface area contributed by atoms with Gasteiger partial charge in [0.05, 0.1) is 38.0 Å². The second-order valence-electron chi connectivity index (χ2n) is 7.11. The molecule has 0 aliphatic heterocycles. The molecule has 3 aromatic carbocycles. The van der Waals surface area contributed by atoms with Crippen LogP contribution in [0.25, 0.3) is 0 Å². The Morgan fingerprint density at radius 3 is 2.10 bits per heavy atom. The van der Waals surface area contributed by atoms with E-state index < -0.39 is 16.1 Å². The van der Waals surface area contributed by atoms with E-state index in [1.165, 1.54) is 18.5 Å². The van der Waals surface area contributed by atoms with Crippen molar-refractivity contribution in [1.29, 1.82) is 0 Å². The maximum atomic E-state index is 13.8. The van der Waals surface area contributed by atoms with Crippen LogP contribution in [0.5, 0.6) is 17.2 Å². The quantitative estimate of drug-likeness (QED) is 0.493. The van der Waals surface area contributed by atoms with Gasteiger partial charge in [0.1, 0.15) is 5.75 Å². The minimum Gasteiger partial charge on any atom is -0.497 e. The topological polar surface area (TPSA) is 65.1 Å². The lowest BCUT2D eigenvalue weighted by Crippen LogP contribution is -2.33. The summed E-state index contributed by atoms with van der Waals surface area (Å²) >= 11 is 0. The monoisotopic (exact) mass is 441 g/mol. The van der Waals surface area contributed by atoms with E-state index in [0.717, 1.165) is 11.1 Å². The average Bonchev–Trinajstić information content (AvgIpc) is 2.79. The van der Waals surface area contributed by atoms with E-state index in [4.69, 9.17) is 14.2 Å². The van der Waals surface area contributed by atoms with Gasteiger partial charge in [0, 0.05) is 6.07 Å². The van der Waals surface area contributed by atoms with Gasteiger partial charge in [-0.25, -0.2) is 8.42 Å². The first-order chi connectivity index (χ1) is 14.8. The molecule has 31 heavy (non-hydrogen) atoms. The SMILES string of the molecule is COc1cccc([C@H](C)N(c2ccc(OC)c(OC)c2)S(=O)(=O)c2ccc(C)cc2)c1. The third kappa shape index (κ3) is 4.61. The summed E-state index contributed by atoms with van der Waals surface area (Å²) in [6.07, 6.45) is 0. The highest BCUT2D eigenvalue weighted by atomic mass is 32.2. The maximum absolute atomic E-state index is 13.8. The molecule has 0 saturated carbocycles. The van der Waals surface area contributed by atoms with Gasteiger partial charge in [-0.3, -0.25) is 4.31 Å². The van der Waals surface area contributed by atoms with Crippen molar-refractivity contribution in [3.05, 3.63) is 77.9 Å². The van der Waals surface area contributed by atoms with Gasteiger partial charge in [-0.2, -0.15) is 0 Å². The molecule has 0 aliphatic rings. The largest absolute Gasteiger partial charge is 0.497 e. The number of rotatable bonds is 8. The van der Waals surface area contributed by atoms with Gasteiger partial charge >= 0.3 is 0 Å². The van der Waals surface area contributed by atoms with Crippen LogP contribution >= 0.6 is 0 Å². The number of aryl methyl sites for hydroxylation is 1. The summed E-state index contributed by atoms with van der Waals surface area (Å²) in [5.41, 5.74) is 2.25. The van der Waals surface area contributed by atoms with Crippen molar-refractivity contribution < 1.29 is 22.6 Å². The van der Waals surface area contributed by atoms with E-state index in [1.807, 2.05) is 38.1 Å². The van der Waals surface area contributed by atoms with Crippen molar-refractivity contribution in [2.45, 2.75) is 24.8 Å². The summed E-state index contributed by atoms with van der Waals surface area (Å²) in [7, 11) is 0.755. The van der Waals surface area contributed by atoms with Gasteiger partial charge in [-0.15, -0.1) is 0 Å². The number of anilines is 1. The molecule has 0 bridgehead atoms. The third-order valence-corrected chi connectivity index (χ3v) is 7.04. The van der Waals surface area contributed by atoms with Gasteiger partial charge < -0.3 is 14.2 Å². The summed E-state index contributed by atoms with van der Waals surface area (Å²) in [5, 5.41) is 0. The lowest BCUT2D eigenvalue weighted by molar-refractivity contribution is 0.355. The molecule has 3 aromatic rings. The summed E-state index contributed by atoms with van der Waals surface area (Å²) in [5.74, 6) is 1.62. The summed E-state index contributed by atoms with van der Waals surface area (Å²) < 4.78 is 45.1. The van der Waals surface area contributed by atoms with Crippen LogP contribution in [0.2, 0.25) is 0 Å². The third-order valence-electron chi connectivity index (χ3n) is 5.13. The summed E-state index contributed by atoms with van der Waals surface area (Å²) in [6, 6.07) is 18.8. The Morgan fingerprint density at radius 2 is 1.48 bits per heavy atom. The first-order valence-corrected chi connectivity index (χ1v) is 11.2. The molecular formula is C24H27NO5S. The van der Waals surface area contributed by atoms with Gasteiger partial charge in [-0.1, -0.05) is 29.8 Å². The second kappa shape index (κ2) is 9.31. The highest BCUT2D eigenvalue weighted by Crippen LogP contribution is 2.38. The molecule has 0 fully saturated rings. The maximum Gasteiger partial charge on any atom is 0.264 e. The van der Waals surface area contributed by atoms with Gasteiger partial charge in [0.15, 0.2) is 11.5 Å². The van der Waals surface area contributed by atoms with Crippen molar-refractivity contribution in [3.63, 3.8) is 0 Å². The molecule has 0 unspecified atom stereocenters. The molecular weight excluding hydrogens is 414 g/mol. The van der Waals surface area contributed by atoms with Crippen molar-refractivity contribution in [2.24, 2.45) is 0 Å². The van der Waals surface area contributed by atoms with E-state index in [9.17, 15) is 8.42 Å². The Balaban J connectivity index is 2.19. The van der Waals surface area contributed by atoms with Crippen LogP contribution in [-0.2, 0) is 10.0 Å². The van der Waals surface area contributed by atoms with Crippen LogP contribution in [0.1, 0.15) is 24.1 Å². The van der Waals surface area contributed by atoms with Gasteiger partial charge in [-0.05, 0) is 55.8 Å². The van der Waals surface area contributed by atoms with E-state index in [1.54, 1.807) is 49.6 Å². The lowest BCUT2D eigenvalue weighted by Gasteiger charge is -2.31. The molecule has 3 rings (SSSR count). The van der Waals surface area contributed by atoms with Crippen LogP contribution in [-0.4, -0.2) is 29.7 Å². The van der Waals surface area contributed by atoms with E-state index in [-0.39, 0.29) is 4.90 Å². The van der Waals surface area contributed by atoms with E-state index >= 15 is 0 Å². The molecule has 0 spiro atoms. The zero-order valence-corrected chi connectivity index (χ0v) is 19.1. The molecule has 0 aromatic heterocycles. The molecule has 164 valence electrons. The molecule has 0 saturated heterocycles. The normalized spacial score (nSPS) is 12.2. The zero-order valence-electron chi connectivity index (χ0n) is 18.3. The van der Waals surface area contributed by atoms with Crippen molar-refractivity contribution in [2.75, 3.05) is 25.6 Å². The van der Waals surface area contributed by atoms with Gasteiger partial charge in [0.25, 0.3) is 10.0 Å². The highest BCUT2D eigenvalue weighted by molar-refractivity contribution is 7.92. The number of hydrogen-bond donors (Lipinski definition) is 0. The number of sulfonamides is 1. The molecule has 0 N–H and O–H groups in total. The second-order valence-corrected chi connectivity index (χ2v) is 8.92. The number of hydrogen-bond acceptors (Lipinski definition) is 5. The number of ether oxygens (including phenoxy) is 3. The minimum atomic E-state index is -3.89. The number of methoxy groups -OCH3 is 3. The first kappa shape index (κ1) is 22.5. The fourth-order valence-electron chi connectivity index (χ4n) is 3.39. The van der Waals surface area contributed by atoms with Crippen molar-refractivity contribution >= 4 is 15.7 Å². The number of nitrogens with zero attached hydrogens (tertiary/aromatic N) is 1. The van der Waals surface area contributed by atoms with Crippen LogP contribution in [0.15, 0.2) is 71.6 Å². The first-order valence-electron chi connectivity index (χ1n) is 9.79. The fraction of sp³-hybridized carbons (Fsp3) is 0.250. The van der Waals surface area contributed by atoms with Crippen LogP contribution in [0.4, 0.5) is 5.69 Å². The van der Waals surface area contributed by atoms with Crippen LogP contribution in [0, 0.1) is 6.92 Å². The molecule has 0 radical (unpaired) electrons. The van der Waals surface area contributed by atoms with Gasteiger partial charge in [0.2, 0.25) is 0 Å². The van der Waals surface area contributed by atoms with Crippen LogP contribution in [0.3, 0.4) is 0 Å². The smallest absolute Gasteiger partial charge is 0.264 e. The standard InChI is InChI=1S/C24H27NO5S/c1-17-9-12-22(13-10-17)31(26,27)25(18(2)19-7-6-8-21(15-19)28-3)20-11-14-23(29-4)24(16-20)30-5/h6-16,18H,1-5H3/t18-/m0/s1. The van der Waals surface area contributed by atoms with E-state index in [2.05, 4.69) is 0 Å². The fourth-order valence-corrected chi connectivity index (χ4v) is 5.03. The predicted molar refractivity (Wildman–Crippen MR) is 122 cm³/mol. The Labute approximate surface area is 184 Å². The Hall–Kier alpha value is -3.19. The number of benzene rings is 3.